The van der Waals surface area contributed by atoms with Gasteiger partial charge in [-0.2, -0.15) is 0 Å². The maximum Gasteiger partial charge on any atom is 0.167 e. The van der Waals surface area contributed by atoms with Crippen LogP contribution in [0.2, 0.25) is 0 Å². The van der Waals surface area contributed by atoms with E-state index < -0.39 is 30.6 Å². The van der Waals surface area contributed by atoms with Gasteiger partial charge in [-0.1, -0.05) is 60.7 Å². The molecule has 1 fully saturated rings. The van der Waals surface area contributed by atoms with Gasteiger partial charge in [-0.3, -0.25) is 4.57 Å². The summed E-state index contributed by atoms with van der Waals surface area (Å²) >= 11 is 0. The first kappa shape index (κ1) is 21.5. The molecule has 0 amide bonds. The molecule has 5 rings (SSSR count). The molecule has 9 heteroatoms. The first-order valence-corrected chi connectivity index (χ1v) is 10.8. The van der Waals surface area contributed by atoms with Gasteiger partial charge in [0.05, 0.1) is 25.1 Å². The van der Waals surface area contributed by atoms with Gasteiger partial charge >= 0.3 is 0 Å². The minimum Gasteiger partial charge on any atom is -0.394 e. The molecule has 2 aromatic carbocycles. The van der Waals surface area contributed by atoms with Crippen LogP contribution in [0, 0.1) is 0 Å². The number of aliphatic hydroxyl groups excluding tert-OH is 3. The third-order valence-corrected chi connectivity index (χ3v) is 5.91. The third kappa shape index (κ3) is 4.19. The Morgan fingerprint density at radius 1 is 1.00 bits per heavy atom. The minimum atomic E-state index is -0.842. The van der Waals surface area contributed by atoms with E-state index in [9.17, 15) is 15.3 Å². The highest BCUT2D eigenvalue weighted by atomic mass is 16.5. The molecule has 9 nitrogen and oxygen atoms in total. The van der Waals surface area contributed by atoms with Crippen molar-refractivity contribution in [2.75, 3.05) is 11.9 Å². The standard InChI is InChI=1S/C24H25N5O4/c30-12-17-11-18(31)24(33-17)29-14-27-20-22(25-13-26-23(20)29)28-19(15-7-3-1-4-8-15)21(32)16-9-5-2-6-10-16/h1-10,13-14,17-19,21,24,30-32H,11-12H2,(H,25,26,28). The number of hydrogen-bond acceptors (Lipinski definition) is 8. The zero-order valence-corrected chi connectivity index (χ0v) is 17.8. The maximum absolute atomic E-state index is 11.2. The van der Waals surface area contributed by atoms with Crippen LogP contribution in [0.4, 0.5) is 5.82 Å². The van der Waals surface area contributed by atoms with Gasteiger partial charge in [0, 0.05) is 6.42 Å². The molecule has 2 aromatic heterocycles. The Kier molecular flexibility index (Phi) is 6.01. The Balaban J connectivity index is 1.50. The molecule has 0 saturated carbocycles. The normalized spacial score (nSPS) is 22.3. The molecule has 4 aromatic rings. The summed E-state index contributed by atoms with van der Waals surface area (Å²) in [6.07, 6.45) is 0.513. The Hall–Kier alpha value is -3.37. The summed E-state index contributed by atoms with van der Waals surface area (Å²) in [6.45, 7) is -0.169. The quantitative estimate of drug-likeness (QED) is 0.340. The van der Waals surface area contributed by atoms with Crippen molar-refractivity contribution in [3.8, 4) is 0 Å². The number of fused-ring (bicyclic) bond motifs is 1. The fourth-order valence-electron chi connectivity index (χ4n) is 4.24. The van der Waals surface area contributed by atoms with Gasteiger partial charge in [-0.25, -0.2) is 15.0 Å². The van der Waals surface area contributed by atoms with Crippen molar-refractivity contribution in [1.29, 1.82) is 0 Å². The SMILES string of the molecule is OCC1CC(O)C(n2cnc3c(NC(c4ccccc4)C(O)c4ccccc4)ncnc32)O1. The summed E-state index contributed by atoms with van der Waals surface area (Å²) in [6, 6.07) is 18.6. The fraction of sp³-hybridized carbons (Fsp3) is 0.292. The lowest BCUT2D eigenvalue weighted by atomic mass is 9.96. The highest BCUT2D eigenvalue weighted by Gasteiger charge is 2.36. The number of anilines is 1. The van der Waals surface area contributed by atoms with E-state index in [1.807, 2.05) is 60.7 Å². The Labute approximate surface area is 190 Å². The number of rotatable bonds is 7. The van der Waals surface area contributed by atoms with Crippen molar-refractivity contribution in [2.24, 2.45) is 0 Å². The molecule has 3 heterocycles. The monoisotopic (exact) mass is 447 g/mol. The van der Waals surface area contributed by atoms with Gasteiger partial charge in [0.25, 0.3) is 0 Å². The van der Waals surface area contributed by atoms with Crippen LogP contribution in [0.25, 0.3) is 11.2 Å². The Bertz CT molecular complexity index is 1200. The second-order valence-corrected chi connectivity index (χ2v) is 8.07. The van der Waals surface area contributed by atoms with Crippen LogP contribution in [-0.4, -0.2) is 53.7 Å². The Morgan fingerprint density at radius 2 is 1.70 bits per heavy atom. The van der Waals surface area contributed by atoms with Gasteiger partial charge < -0.3 is 25.4 Å². The molecule has 0 spiro atoms. The summed E-state index contributed by atoms with van der Waals surface area (Å²) in [5.74, 6) is 0.453. The molecule has 33 heavy (non-hydrogen) atoms. The first-order valence-electron chi connectivity index (χ1n) is 10.8. The van der Waals surface area contributed by atoms with E-state index in [1.54, 1.807) is 10.9 Å². The minimum absolute atomic E-state index is 0.169. The summed E-state index contributed by atoms with van der Waals surface area (Å²) in [5.41, 5.74) is 2.63. The molecule has 5 atom stereocenters. The van der Waals surface area contributed by atoms with Crippen LogP contribution in [-0.2, 0) is 4.74 Å². The topological polar surface area (TPSA) is 126 Å². The highest BCUT2D eigenvalue weighted by molar-refractivity contribution is 5.83. The summed E-state index contributed by atoms with van der Waals surface area (Å²) in [5, 5.41) is 34.4. The van der Waals surface area contributed by atoms with E-state index in [0.717, 1.165) is 11.1 Å². The first-order chi connectivity index (χ1) is 16.2. The molecule has 5 unspecified atom stereocenters. The molecular weight excluding hydrogens is 422 g/mol. The predicted octanol–water partition coefficient (Wildman–Crippen LogP) is 2.35. The number of hydrogen-bond donors (Lipinski definition) is 4. The lowest BCUT2D eigenvalue weighted by molar-refractivity contribution is -0.0486. The van der Waals surface area contributed by atoms with E-state index >= 15 is 0 Å². The lowest BCUT2D eigenvalue weighted by Gasteiger charge is -2.25. The molecule has 170 valence electrons. The second kappa shape index (κ2) is 9.24. The van der Waals surface area contributed by atoms with Crippen molar-refractivity contribution in [3.63, 3.8) is 0 Å². The van der Waals surface area contributed by atoms with Crippen LogP contribution >= 0.6 is 0 Å². The number of nitrogens with one attached hydrogen (secondary N) is 1. The van der Waals surface area contributed by atoms with Crippen LogP contribution in [0.1, 0.15) is 35.9 Å². The van der Waals surface area contributed by atoms with E-state index in [0.29, 0.717) is 23.4 Å². The van der Waals surface area contributed by atoms with Gasteiger partial charge in [0.1, 0.15) is 18.5 Å². The smallest absolute Gasteiger partial charge is 0.167 e. The van der Waals surface area contributed by atoms with Gasteiger partial charge in [0.2, 0.25) is 0 Å². The molecule has 1 saturated heterocycles. The number of imidazole rings is 1. The highest BCUT2D eigenvalue weighted by Crippen LogP contribution is 2.35. The van der Waals surface area contributed by atoms with E-state index in [4.69, 9.17) is 4.74 Å². The summed E-state index contributed by atoms with van der Waals surface area (Å²) in [4.78, 5) is 13.2. The second-order valence-electron chi connectivity index (χ2n) is 8.07. The van der Waals surface area contributed by atoms with E-state index in [-0.39, 0.29) is 6.61 Å². The molecule has 0 aliphatic carbocycles. The lowest BCUT2D eigenvalue weighted by Crippen LogP contribution is -2.21. The largest absolute Gasteiger partial charge is 0.394 e. The van der Waals surface area contributed by atoms with Crippen molar-refractivity contribution < 1.29 is 20.1 Å². The molecule has 1 aliphatic heterocycles. The molecule has 1 aliphatic rings. The van der Waals surface area contributed by atoms with Crippen molar-refractivity contribution in [2.45, 2.75) is 37.0 Å². The van der Waals surface area contributed by atoms with Crippen molar-refractivity contribution >= 4 is 17.0 Å². The average Bonchev–Trinajstić information content (AvgIpc) is 3.46. The number of benzene rings is 2. The van der Waals surface area contributed by atoms with Gasteiger partial charge in [-0.05, 0) is 11.1 Å². The van der Waals surface area contributed by atoms with Crippen molar-refractivity contribution in [1.82, 2.24) is 19.5 Å². The molecule has 0 bridgehead atoms. The zero-order chi connectivity index (χ0) is 22.8. The molecule has 0 radical (unpaired) electrons. The predicted molar refractivity (Wildman–Crippen MR) is 121 cm³/mol. The van der Waals surface area contributed by atoms with Gasteiger partial charge in [0.15, 0.2) is 23.2 Å². The van der Waals surface area contributed by atoms with E-state index in [2.05, 4.69) is 20.3 Å². The summed E-state index contributed by atoms with van der Waals surface area (Å²) < 4.78 is 7.41. The van der Waals surface area contributed by atoms with Crippen LogP contribution in [0.3, 0.4) is 0 Å². The number of aliphatic hydroxyl groups is 3. The number of nitrogens with zero attached hydrogens (tertiary/aromatic N) is 4. The molecular formula is C24H25N5O4. The maximum atomic E-state index is 11.2. The van der Waals surface area contributed by atoms with Crippen molar-refractivity contribution in [3.05, 3.63) is 84.4 Å². The third-order valence-electron chi connectivity index (χ3n) is 5.91. The Morgan fingerprint density at radius 3 is 2.36 bits per heavy atom. The van der Waals surface area contributed by atoms with Gasteiger partial charge in [-0.15, -0.1) is 0 Å². The number of ether oxygens (including phenoxy) is 1. The van der Waals surface area contributed by atoms with E-state index in [1.165, 1.54) is 6.33 Å². The van der Waals surface area contributed by atoms with Crippen LogP contribution < -0.4 is 5.32 Å². The number of aromatic nitrogens is 4. The summed E-state index contributed by atoms with van der Waals surface area (Å²) in [7, 11) is 0. The van der Waals surface area contributed by atoms with Crippen LogP contribution in [0.15, 0.2) is 73.3 Å². The molecule has 4 N–H and O–H groups in total. The average molecular weight is 447 g/mol. The zero-order valence-electron chi connectivity index (χ0n) is 17.8. The fourth-order valence-corrected chi connectivity index (χ4v) is 4.24. The van der Waals surface area contributed by atoms with Crippen LogP contribution in [0.5, 0.6) is 0 Å².